The number of urea groups is 1. The number of hydrogen-bond acceptors (Lipinski definition) is 4. The first-order valence-corrected chi connectivity index (χ1v) is 8.25. The van der Waals surface area contributed by atoms with Gasteiger partial charge >= 0.3 is 6.03 Å². The van der Waals surface area contributed by atoms with E-state index in [0.717, 1.165) is 11.3 Å². The maximum absolute atomic E-state index is 12.4. The van der Waals surface area contributed by atoms with E-state index in [0.29, 0.717) is 19.6 Å². The minimum absolute atomic E-state index is 0.0288. The van der Waals surface area contributed by atoms with Crippen LogP contribution in [0.3, 0.4) is 0 Å². The van der Waals surface area contributed by atoms with Crippen molar-refractivity contribution in [3.8, 4) is 0 Å². The summed E-state index contributed by atoms with van der Waals surface area (Å²) in [4.78, 5) is 14.2. The number of rotatable bonds is 3. The van der Waals surface area contributed by atoms with E-state index in [1.165, 1.54) is 0 Å². The van der Waals surface area contributed by atoms with Crippen molar-refractivity contribution in [3.05, 3.63) is 40.3 Å². The Morgan fingerprint density at radius 2 is 2.36 bits per heavy atom. The van der Waals surface area contributed by atoms with E-state index in [1.807, 2.05) is 30.3 Å². The smallest absolute Gasteiger partial charge is 0.317 e. The number of carbonyl (C=O) groups excluding carboxylic acids is 1. The summed E-state index contributed by atoms with van der Waals surface area (Å²) in [5.74, 6) is 0. The predicted octanol–water partition coefficient (Wildman–Crippen LogP) is 2.15. The maximum Gasteiger partial charge on any atom is 0.317 e. The molecule has 0 aliphatic carbocycles. The second-order valence-electron chi connectivity index (χ2n) is 5.50. The Bertz CT molecular complexity index is 625. The standard InChI is InChI=1S/C15H20N4O2S/c1-11-8-19(9-14(21-11)12-4-6-22-10-12)15(20)16-7-13-3-5-17-18(13)2/h3-6,10-11,14H,7-9H2,1-2H3,(H,16,20). The molecule has 1 N–H and O–H groups in total. The van der Waals surface area contributed by atoms with E-state index in [1.54, 1.807) is 22.2 Å². The summed E-state index contributed by atoms with van der Waals surface area (Å²) < 4.78 is 7.71. The molecule has 2 aromatic heterocycles. The van der Waals surface area contributed by atoms with Crippen LogP contribution in [0, 0.1) is 0 Å². The SMILES string of the molecule is CC1CN(C(=O)NCc2ccnn2C)CC(c2ccsc2)O1. The fraction of sp³-hybridized carbons (Fsp3) is 0.467. The number of amides is 2. The highest BCUT2D eigenvalue weighted by molar-refractivity contribution is 7.07. The topological polar surface area (TPSA) is 59.4 Å². The van der Waals surface area contributed by atoms with Gasteiger partial charge in [-0.3, -0.25) is 4.68 Å². The van der Waals surface area contributed by atoms with Crippen molar-refractivity contribution in [1.29, 1.82) is 0 Å². The Morgan fingerprint density at radius 3 is 3.05 bits per heavy atom. The van der Waals surface area contributed by atoms with Gasteiger partial charge in [0.2, 0.25) is 0 Å². The molecule has 2 amide bonds. The zero-order chi connectivity index (χ0) is 15.5. The van der Waals surface area contributed by atoms with Gasteiger partial charge in [-0.25, -0.2) is 4.79 Å². The molecule has 22 heavy (non-hydrogen) atoms. The number of thiophene rings is 1. The first-order valence-electron chi connectivity index (χ1n) is 7.30. The van der Waals surface area contributed by atoms with Crippen LogP contribution in [0.15, 0.2) is 29.1 Å². The van der Waals surface area contributed by atoms with Crippen LogP contribution in [-0.4, -0.2) is 39.9 Å². The summed E-state index contributed by atoms with van der Waals surface area (Å²) >= 11 is 1.65. The molecule has 0 saturated carbocycles. The van der Waals surface area contributed by atoms with E-state index in [2.05, 4.69) is 21.9 Å². The Morgan fingerprint density at radius 1 is 1.50 bits per heavy atom. The molecule has 118 valence electrons. The number of nitrogens with zero attached hydrogens (tertiary/aromatic N) is 3. The summed E-state index contributed by atoms with van der Waals surface area (Å²) in [6, 6.07) is 3.90. The second kappa shape index (κ2) is 6.50. The van der Waals surface area contributed by atoms with Crippen LogP contribution < -0.4 is 5.32 Å². The van der Waals surface area contributed by atoms with Gasteiger partial charge in [-0.15, -0.1) is 0 Å². The zero-order valence-electron chi connectivity index (χ0n) is 12.7. The monoisotopic (exact) mass is 320 g/mol. The van der Waals surface area contributed by atoms with Crippen LogP contribution in [0.25, 0.3) is 0 Å². The van der Waals surface area contributed by atoms with Gasteiger partial charge in [-0.2, -0.15) is 16.4 Å². The highest BCUT2D eigenvalue weighted by Crippen LogP contribution is 2.26. The highest BCUT2D eigenvalue weighted by Gasteiger charge is 2.29. The molecule has 1 aliphatic heterocycles. The summed E-state index contributed by atoms with van der Waals surface area (Å²) in [5, 5.41) is 11.2. The number of carbonyl (C=O) groups is 1. The minimum Gasteiger partial charge on any atom is -0.367 e. The van der Waals surface area contributed by atoms with Gasteiger partial charge in [0.25, 0.3) is 0 Å². The molecular formula is C15H20N4O2S. The number of aromatic nitrogens is 2. The Hall–Kier alpha value is -1.86. The lowest BCUT2D eigenvalue weighted by Gasteiger charge is -2.36. The Labute approximate surface area is 133 Å². The van der Waals surface area contributed by atoms with Crippen molar-refractivity contribution >= 4 is 17.4 Å². The highest BCUT2D eigenvalue weighted by atomic mass is 32.1. The average Bonchev–Trinajstić information content (AvgIpc) is 3.15. The zero-order valence-corrected chi connectivity index (χ0v) is 13.5. The number of aryl methyl sites for hydroxylation is 1. The molecule has 0 radical (unpaired) electrons. The lowest BCUT2D eigenvalue weighted by atomic mass is 10.1. The molecular weight excluding hydrogens is 300 g/mol. The summed E-state index contributed by atoms with van der Waals surface area (Å²) in [6.07, 6.45) is 1.71. The van der Waals surface area contributed by atoms with Crippen molar-refractivity contribution in [2.45, 2.75) is 25.7 Å². The lowest BCUT2D eigenvalue weighted by molar-refractivity contribution is -0.0655. The van der Waals surface area contributed by atoms with E-state index < -0.39 is 0 Å². The molecule has 0 bridgehead atoms. The van der Waals surface area contributed by atoms with E-state index in [-0.39, 0.29) is 18.2 Å². The summed E-state index contributed by atoms with van der Waals surface area (Å²) in [6.45, 7) is 3.67. The van der Waals surface area contributed by atoms with Gasteiger partial charge in [-0.05, 0) is 35.4 Å². The summed E-state index contributed by atoms with van der Waals surface area (Å²) in [7, 11) is 1.87. The van der Waals surface area contributed by atoms with Crippen LogP contribution >= 0.6 is 11.3 Å². The maximum atomic E-state index is 12.4. The Balaban J connectivity index is 1.60. The largest absolute Gasteiger partial charge is 0.367 e. The van der Waals surface area contributed by atoms with Crippen LogP contribution in [0.4, 0.5) is 4.79 Å². The van der Waals surface area contributed by atoms with Gasteiger partial charge in [0.15, 0.2) is 0 Å². The molecule has 3 rings (SSSR count). The third-order valence-electron chi connectivity index (χ3n) is 3.81. The van der Waals surface area contributed by atoms with E-state index in [9.17, 15) is 4.79 Å². The van der Waals surface area contributed by atoms with Crippen molar-refractivity contribution in [1.82, 2.24) is 20.0 Å². The molecule has 6 nitrogen and oxygen atoms in total. The minimum atomic E-state index is -0.0587. The molecule has 1 aliphatic rings. The van der Waals surface area contributed by atoms with E-state index >= 15 is 0 Å². The summed E-state index contributed by atoms with van der Waals surface area (Å²) in [5.41, 5.74) is 2.12. The number of hydrogen-bond donors (Lipinski definition) is 1. The van der Waals surface area contributed by atoms with Gasteiger partial charge in [-0.1, -0.05) is 0 Å². The number of morpholine rings is 1. The molecule has 7 heteroatoms. The molecule has 0 spiro atoms. The first kappa shape index (κ1) is 15.1. The second-order valence-corrected chi connectivity index (χ2v) is 6.28. The quantitative estimate of drug-likeness (QED) is 0.943. The molecule has 1 fully saturated rings. The molecule has 3 heterocycles. The van der Waals surface area contributed by atoms with Crippen molar-refractivity contribution in [2.24, 2.45) is 7.05 Å². The van der Waals surface area contributed by atoms with Gasteiger partial charge < -0.3 is 15.0 Å². The fourth-order valence-corrected chi connectivity index (χ4v) is 3.31. The third-order valence-corrected chi connectivity index (χ3v) is 4.51. The fourth-order valence-electron chi connectivity index (χ4n) is 2.61. The molecule has 2 atom stereocenters. The van der Waals surface area contributed by atoms with Crippen molar-refractivity contribution < 1.29 is 9.53 Å². The van der Waals surface area contributed by atoms with Crippen LogP contribution in [0.2, 0.25) is 0 Å². The molecule has 2 aromatic rings. The number of ether oxygens (including phenoxy) is 1. The number of nitrogens with one attached hydrogen (secondary N) is 1. The normalized spacial score (nSPS) is 21.8. The van der Waals surface area contributed by atoms with Crippen LogP contribution in [0.5, 0.6) is 0 Å². The third kappa shape index (κ3) is 3.31. The average molecular weight is 320 g/mol. The predicted molar refractivity (Wildman–Crippen MR) is 84.6 cm³/mol. The van der Waals surface area contributed by atoms with Crippen molar-refractivity contribution in [3.63, 3.8) is 0 Å². The van der Waals surface area contributed by atoms with Crippen LogP contribution in [-0.2, 0) is 18.3 Å². The molecule has 0 aromatic carbocycles. The van der Waals surface area contributed by atoms with Crippen molar-refractivity contribution in [2.75, 3.05) is 13.1 Å². The lowest BCUT2D eigenvalue weighted by Crippen LogP contribution is -2.49. The molecule has 2 unspecified atom stereocenters. The van der Waals surface area contributed by atoms with Gasteiger partial charge in [0.05, 0.1) is 24.9 Å². The first-order chi connectivity index (χ1) is 10.6. The van der Waals surface area contributed by atoms with Gasteiger partial charge in [0, 0.05) is 19.8 Å². The Kier molecular flexibility index (Phi) is 4.44. The van der Waals surface area contributed by atoms with E-state index in [4.69, 9.17) is 4.74 Å². The molecule has 1 saturated heterocycles. The van der Waals surface area contributed by atoms with Crippen LogP contribution in [0.1, 0.15) is 24.3 Å². The van der Waals surface area contributed by atoms with Gasteiger partial charge in [0.1, 0.15) is 6.10 Å².